The number of nitrogens with one attached hydrogen (secondary N) is 1. The van der Waals surface area contributed by atoms with Crippen molar-refractivity contribution in [2.24, 2.45) is 0 Å². The van der Waals surface area contributed by atoms with Crippen molar-refractivity contribution in [3.8, 4) is 0 Å². The van der Waals surface area contributed by atoms with Gasteiger partial charge in [0.25, 0.3) is 15.7 Å². The van der Waals surface area contributed by atoms with E-state index >= 15 is 0 Å². The molecule has 0 amide bonds. The second kappa shape index (κ2) is 6.85. The maximum atomic E-state index is 12.1. The highest BCUT2D eigenvalue weighted by Crippen LogP contribution is 2.27. The third-order valence-electron chi connectivity index (χ3n) is 2.31. The Morgan fingerprint density at radius 3 is 2.64 bits per heavy atom. The molecule has 1 N–H and O–H groups in total. The van der Waals surface area contributed by atoms with Crippen LogP contribution in [-0.4, -0.2) is 29.3 Å². The average molecular weight is 358 g/mol. The summed E-state index contributed by atoms with van der Waals surface area (Å²) in [7, 11) is -3.86. The topological polar surface area (TPSA) is 115 Å². The molecule has 22 heavy (non-hydrogen) atoms. The van der Waals surface area contributed by atoms with Crippen molar-refractivity contribution in [1.29, 1.82) is 0 Å². The average Bonchev–Trinajstić information content (AvgIpc) is 2.92. The van der Waals surface area contributed by atoms with Crippen LogP contribution in [0, 0.1) is 10.1 Å². The van der Waals surface area contributed by atoms with Gasteiger partial charge in [0.1, 0.15) is 0 Å². The van der Waals surface area contributed by atoms with Gasteiger partial charge in [-0.25, -0.2) is 8.42 Å². The molecule has 1 aromatic carbocycles. The van der Waals surface area contributed by atoms with E-state index in [1.807, 2.05) is 0 Å². The van der Waals surface area contributed by atoms with Gasteiger partial charge in [0.05, 0.1) is 9.82 Å². The molecule has 11 heteroatoms. The molecule has 0 bridgehead atoms. The monoisotopic (exact) mass is 358 g/mol. The van der Waals surface area contributed by atoms with Crippen molar-refractivity contribution in [3.63, 3.8) is 0 Å². The lowest BCUT2D eigenvalue weighted by atomic mass is 10.3. The lowest BCUT2D eigenvalue weighted by Gasteiger charge is -2.03. The van der Waals surface area contributed by atoms with Gasteiger partial charge in [-0.05, 0) is 12.1 Å². The summed E-state index contributed by atoms with van der Waals surface area (Å²) in [6.45, 7) is 3.58. The van der Waals surface area contributed by atoms with Crippen LogP contribution >= 0.6 is 23.1 Å². The first kappa shape index (κ1) is 16.4. The van der Waals surface area contributed by atoms with Crippen LogP contribution in [0.25, 0.3) is 0 Å². The molecule has 2 rings (SSSR count). The van der Waals surface area contributed by atoms with Crippen molar-refractivity contribution in [2.75, 3.05) is 10.5 Å². The number of benzene rings is 1. The fourth-order valence-corrected chi connectivity index (χ4v) is 4.10. The van der Waals surface area contributed by atoms with Gasteiger partial charge in [0.2, 0.25) is 5.13 Å². The van der Waals surface area contributed by atoms with Crippen molar-refractivity contribution in [1.82, 2.24) is 10.2 Å². The summed E-state index contributed by atoms with van der Waals surface area (Å²) in [4.78, 5) is 9.87. The summed E-state index contributed by atoms with van der Waals surface area (Å²) in [6.07, 6.45) is 1.70. The summed E-state index contributed by atoms with van der Waals surface area (Å²) < 4.78 is 27.2. The summed E-state index contributed by atoms with van der Waals surface area (Å²) in [5.41, 5.74) is -0.182. The number of hydrogen-bond acceptors (Lipinski definition) is 8. The van der Waals surface area contributed by atoms with Crippen LogP contribution in [0.2, 0.25) is 0 Å². The Labute approximate surface area is 134 Å². The Morgan fingerprint density at radius 1 is 1.36 bits per heavy atom. The smallest absolute Gasteiger partial charge is 0.258 e. The van der Waals surface area contributed by atoms with E-state index in [0.29, 0.717) is 10.1 Å². The number of nitrogens with zero attached hydrogens (tertiary/aromatic N) is 3. The number of sulfonamides is 1. The number of aromatic nitrogens is 2. The zero-order chi connectivity index (χ0) is 16.2. The third kappa shape index (κ3) is 4.02. The molecule has 0 radical (unpaired) electrons. The fourth-order valence-electron chi connectivity index (χ4n) is 1.36. The second-order valence-corrected chi connectivity index (χ2v) is 7.76. The molecular weight excluding hydrogens is 348 g/mol. The molecule has 1 heterocycles. The summed E-state index contributed by atoms with van der Waals surface area (Å²) in [6, 6.07) is 4.57. The van der Waals surface area contributed by atoms with E-state index in [4.69, 9.17) is 0 Å². The van der Waals surface area contributed by atoms with Crippen LogP contribution in [0.1, 0.15) is 0 Å². The molecule has 8 nitrogen and oxygen atoms in total. The van der Waals surface area contributed by atoms with Crippen LogP contribution in [0.15, 0.2) is 46.2 Å². The molecule has 116 valence electrons. The van der Waals surface area contributed by atoms with E-state index in [1.54, 1.807) is 6.08 Å². The number of anilines is 1. The van der Waals surface area contributed by atoms with E-state index < -0.39 is 14.9 Å². The van der Waals surface area contributed by atoms with E-state index in [9.17, 15) is 18.5 Å². The summed E-state index contributed by atoms with van der Waals surface area (Å²) in [5.74, 6) is 0.643. The lowest BCUT2D eigenvalue weighted by Crippen LogP contribution is -2.12. The zero-order valence-corrected chi connectivity index (χ0v) is 13.4. The van der Waals surface area contributed by atoms with Gasteiger partial charge in [0.15, 0.2) is 4.34 Å². The molecule has 2 aromatic rings. The number of non-ortho nitro benzene ring substituents is 1. The Hall–Kier alpha value is -1.98. The van der Waals surface area contributed by atoms with Crippen LogP contribution in [0.3, 0.4) is 0 Å². The largest absolute Gasteiger partial charge is 0.269 e. The van der Waals surface area contributed by atoms with Crippen LogP contribution in [-0.2, 0) is 10.0 Å². The molecule has 1 aromatic heterocycles. The first-order valence-electron chi connectivity index (χ1n) is 5.77. The SMILES string of the molecule is C=CCSc1nnc(NS(=O)(=O)c2ccc([N+](=O)[O-])cc2)s1. The van der Waals surface area contributed by atoms with Gasteiger partial charge in [-0.2, -0.15) is 0 Å². The Bertz CT molecular complexity index is 786. The zero-order valence-electron chi connectivity index (χ0n) is 11.0. The molecule has 0 saturated carbocycles. The molecule has 0 fully saturated rings. The minimum atomic E-state index is -3.86. The van der Waals surface area contributed by atoms with Crippen LogP contribution in [0.4, 0.5) is 10.8 Å². The van der Waals surface area contributed by atoms with E-state index in [0.717, 1.165) is 35.6 Å². The first-order valence-corrected chi connectivity index (χ1v) is 9.05. The Kier molecular flexibility index (Phi) is 5.11. The highest BCUT2D eigenvalue weighted by Gasteiger charge is 2.18. The molecule has 0 aliphatic heterocycles. The molecule has 0 saturated heterocycles. The highest BCUT2D eigenvalue weighted by molar-refractivity contribution is 8.01. The quantitative estimate of drug-likeness (QED) is 0.350. The molecule has 0 spiro atoms. The van der Waals surface area contributed by atoms with Crippen molar-refractivity contribution in [2.45, 2.75) is 9.24 Å². The molecule has 0 unspecified atom stereocenters. The molecule has 0 aliphatic carbocycles. The maximum Gasteiger partial charge on any atom is 0.269 e. The molecular formula is C11H10N4O4S3. The van der Waals surface area contributed by atoms with Crippen LogP contribution in [0.5, 0.6) is 0 Å². The number of rotatable bonds is 7. The maximum absolute atomic E-state index is 12.1. The van der Waals surface area contributed by atoms with Gasteiger partial charge in [0, 0.05) is 17.9 Å². The Morgan fingerprint density at radius 2 is 2.05 bits per heavy atom. The van der Waals surface area contributed by atoms with Gasteiger partial charge < -0.3 is 0 Å². The van der Waals surface area contributed by atoms with Crippen molar-refractivity contribution < 1.29 is 13.3 Å². The lowest BCUT2D eigenvalue weighted by molar-refractivity contribution is -0.384. The van der Waals surface area contributed by atoms with Crippen LogP contribution < -0.4 is 4.72 Å². The van der Waals surface area contributed by atoms with E-state index in [1.165, 1.54) is 11.8 Å². The number of thioether (sulfide) groups is 1. The third-order valence-corrected chi connectivity index (χ3v) is 5.76. The highest BCUT2D eigenvalue weighted by atomic mass is 32.2. The summed E-state index contributed by atoms with van der Waals surface area (Å²) >= 11 is 2.48. The number of hydrogen-bond donors (Lipinski definition) is 1. The van der Waals surface area contributed by atoms with E-state index in [2.05, 4.69) is 21.5 Å². The summed E-state index contributed by atoms with van der Waals surface area (Å²) in [5, 5.41) is 18.3. The van der Waals surface area contributed by atoms with Gasteiger partial charge >= 0.3 is 0 Å². The van der Waals surface area contributed by atoms with Gasteiger partial charge in [-0.1, -0.05) is 29.2 Å². The normalized spacial score (nSPS) is 11.1. The molecule has 0 aliphatic rings. The fraction of sp³-hybridized carbons (Fsp3) is 0.0909. The number of nitro benzene ring substituents is 1. The molecule has 0 atom stereocenters. The first-order chi connectivity index (χ1) is 10.4. The predicted octanol–water partition coefficient (Wildman–Crippen LogP) is 2.53. The minimum Gasteiger partial charge on any atom is -0.258 e. The number of nitro groups is 1. The predicted molar refractivity (Wildman–Crippen MR) is 84.7 cm³/mol. The second-order valence-electron chi connectivity index (χ2n) is 3.83. The van der Waals surface area contributed by atoms with Crippen molar-refractivity contribution >= 4 is 43.9 Å². The van der Waals surface area contributed by atoms with Gasteiger partial charge in [-0.15, -0.1) is 16.8 Å². The van der Waals surface area contributed by atoms with Gasteiger partial charge in [-0.3, -0.25) is 14.8 Å². The standard InChI is InChI=1S/C11H10N4O4S3/c1-2-7-20-11-13-12-10(21-11)14-22(18,19)9-5-3-8(4-6-9)15(16)17/h2-6H,1,7H2,(H,12,14). The Balaban J connectivity index is 2.14. The van der Waals surface area contributed by atoms with Crippen molar-refractivity contribution in [3.05, 3.63) is 47.0 Å². The minimum absolute atomic E-state index is 0.0893. The van der Waals surface area contributed by atoms with E-state index in [-0.39, 0.29) is 15.7 Å².